The standard InChI is InChI=1S/C18H20F2N4O2/c1-11(18(26)23-16-4-3-13(19)9-21-16)24-7-6-15(20)14(10-24)12-2-5-17(25)22-8-12/h2-5,8-9,11,14-15H,6-7,10H2,1H3,(H,22,25)(H,21,23,26)/t11-,14+,15-/m0/s1. The van der Waals surface area contributed by atoms with Crippen molar-refractivity contribution in [3.63, 3.8) is 0 Å². The molecule has 0 saturated carbocycles. The highest BCUT2D eigenvalue weighted by Gasteiger charge is 2.34. The van der Waals surface area contributed by atoms with Gasteiger partial charge in [-0.3, -0.25) is 14.5 Å². The number of halogens is 2. The minimum atomic E-state index is -1.04. The topological polar surface area (TPSA) is 78.1 Å². The van der Waals surface area contributed by atoms with Gasteiger partial charge in [-0.15, -0.1) is 0 Å². The Morgan fingerprint density at radius 1 is 1.38 bits per heavy atom. The number of hydrogen-bond donors (Lipinski definition) is 2. The largest absolute Gasteiger partial charge is 0.329 e. The monoisotopic (exact) mass is 362 g/mol. The predicted octanol–water partition coefficient (Wildman–Crippen LogP) is 2.06. The summed E-state index contributed by atoms with van der Waals surface area (Å²) in [6, 6.07) is 5.09. The van der Waals surface area contributed by atoms with Crippen LogP contribution in [0.3, 0.4) is 0 Å². The van der Waals surface area contributed by atoms with E-state index in [0.717, 1.165) is 6.20 Å². The molecule has 1 aliphatic heterocycles. The van der Waals surface area contributed by atoms with E-state index in [1.54, 1.807) is 13.0 Å². The average molecular weight is 362 g/mol. The van der Waals surface area contributed by atoms with Gasteiger partial charge in [0.1, 0.15) is 17.8 Å². The average Bonchev–Trinajstić information content (AvgIpc) is 2.64. The molecule has 1 saturated heterocycles. The van der Waals surface area contributed by atoms with Crippen LogP contribution in [0, 0.1) is 5.82 Å². The van der Waals surface area contributed by atoms with Crippen LogP contribution in [0.5, 0.6) is 0 Å². The summed E-state index contributed by atoms with van der Waals surface area (Å²) in [6.07, 6.45) is 1.82. The van der Waals surface area contributed by atoms with Gasteiger partial charge in [0.05, 0.1) is 12.2 Å². The van der Waals surface area contributed by atoms with Crippen molar-refractivity contribution < 1.29 is 13.6 Å². The predicted molar refractivity (Wildman–Crippen MR) is 93.2 cm³/mol. The van der Waals surface area contributed by atoms with E-state index in [1.165, 1.54) is 24.4 Å². The first-order valence-electron chi connectivity index (χ1n) is 8.43. The molecule has 0 bridgehead atoms. The molecular weight excluding hydrogens is 342 g/mol. The third kappa shape index (κ3) is 4.13. The van der Waals surface area contributed by atoms with E-state index in [9.17, 15) is 18.4 Å². The second-order valence-electron chi connectivity index (χ2n) is 6.42. The number of pyridine rings is 2. The molecule has 0 aromatic carbocycles. The van der Waals surface area contributed by atoms with E-state index in [1.807, 2.05) is 4.90 Å². The number of likely N-dealkylation sites (tertiary alicyclic amines) is 1. The summed E-state index contributed by atoms with van der Waals surface area (Å²) in [7, 11) is 0. The number of alkyl halides is 1. The van der Waals surface area contributed by atoms with Crippen molar-refractivity contribution in [3.05, 3.63) is 58.4 Å². The molecule has 3 heterocycles. The van der Waals surface area contributed by atoms with Gasteiger partial charge in [-0.1, -0.05) is 6.07 Å². The number of hydrogen-bond acceptors (Lipinski definition) is 4. The molecule has 1 fully saturated rings. The van der Waals surface area contributed by atoms with Crippen LogP contribution in [0.1, 0.15) is 24.8 Å². The van der Waals surface area contributed by atoms with Crippen LogP contribution in [0.4, 0.5) is 14.6 Å². The second-order valence-corrected chi connectivity index (χ2v) is 6.42. The summed E-state index contributed by atoms with van der Waals surface area (Å²) >= 11 is 0. The van der Waals surface area contributed by atoms with Gasteiger partial charge < -0.3 is 10.3 Å². The number of carbonyl (C=O) groups excluding carboxylic acids is 1. The van der Waals surface area contributed by atoms with Crippen LogP contribution >= 0.6 is 0 Å². The number of aromatic nitrogens is 2. The van der Waals surface area contributed by atoms with E-state index in [4.69, 9.17) is 0 Å². The van der Waals surface area contributed by atoms with Gasteiger partial charge in [-0.2, -0.15) is 0 Å². The van der Waals surface area contributed by atoms with Crippen LogP contribution < -0.4 is 10.9 Å². The van der Waals surface area contributed by atoms with Crippen molar-refractivity contribution in [3.8, 4) is 0 Å². The Labute approximate surface area is 149 Å². The fraction of sp³-hybridized carbons (Fsp3) is 0.389. The number of nitrogens with one attached hydrogen (secondary N) is 2. The third-order valence-corrected chi connectivity index (χ3v) is 4.70. The highest BCUT2D eigenvalue weighted by Crippen LogP contribution is 2.30. The van der Waals surface area contributed by atoms with E-state index in [0.29, 0.717) is 25.1 Å². The van der Waals surface area contributed by atoms with Crippen LogP contribution in [0.15, 0.2) is 41.5 Å². The molecule has 0 aliphatic carbocycles. The van der Waals surface area contributed by atoms with Crippen molar-refractivity contribution in [2.24, 2.45) is 0 Å². The zero-order valence-electron chi connectivity index (χ0n) is 14.3. The summed E-state index contributed by atoms with van der Waals surface area (Å²) in [4.78, 5) is 31.9. The van der Waals surface area contributed by atoms with Crippen LogP contribution in [-0.2, 0) is 4.79 Å². The maximum Gasteiger partial charge on any atom is 0.247 e. The number of H-pyrrole nitrogens is 1. The fourth-order valence-corrected chi connectivity index (χ4v) is 3.11. The van der Waals surface area contributed by atoms with Gasteiger partial charge in [0.2, 0.25) is 11.5 Å². The van der Waals surface area contributed by atoms with Crippen molar-refractivity contribution in [1.82, 2.24) is 14.9 Å². The third-order valence-electron chi connectivity index (χ3n) is 4.70. The molecule has 1 aliphatic rings. The van der Waals surface area contributed by atoms with Crippen molar-refractivity contribution in [2.45, 2.75) is 31.5 Å². The molecule has 3 rings (SSSR count). The molecule has 0 spiro atoms. The molecule has 3 atom stereocenters. The van der Waals surface area contributed by atoms with Gasteiger partial charge in [0.15, 0.2) is 0 Å². The first-order valence-corrected chi connectivity index (χ1v) is 8.43. The Kier molecular flexibility index (Phi) is 5.41. The fourth-order valence-electron chi connectivity index (χ4n) is 3.11. The van der Waals surface area contributed by atoms with Crippen molar-refractivity contribution >= 4 is 11.7 Å². The lowest BCUT2D eigenvalue weighted by Crippen LogP contribution is -2.49. The lowest BCUT2D eigenvalue weighted by molar-refractivity contribution is -0.121. The van der Waals surface area contributed by atoms with E-state index in [2.05, 4.69) is 15.3 Å². The van der Waals surface area contributed by atoms with E-state index in [-0.39, 0.29) is 17.3 Å². The minimum absolute atomic E-state index is 0.239. The molecule has 2 aromatic heterocycles. The van der Waals surface area contributed by atoms with Crippen molar-refractivity contribution in [2.75, 3.05) is 18.4 Å². The van der Waals surface area contributed by atoms with Crippen LogP contribution in [0.2, 0.25) is 0 Å². The number of carbonyl (C=O) groups is 1. The summed E-state index contributed by atoms with van der Waals surface area (Å²) < 4.78 is 27.3. The zero-order chi connectivity index (χ0) is 18.7. The lowest BCUT2D eigenvalue weighted by Gasteiger charge is -2.38. The Balaban J connectivity index is 1.67. The first kappa shape index (κ1) is 18.2. The van der Waals surface area contributed by atoms with Gasteiger partial charge in [0, 0.05) is 31.3 Å². The molecule has 0 radical (unpaired) electrons. The zero-order valence-corrected chi connectivity index (χ0v) is 14.3. The quantitative estimate of drug-likeness (QED) is 0.873. The highest BCUT2D eigenvalue weighted by molar-refractivity contribution is 5.93. The van der Waals surface area contributed by atoms with Gasteiger partial charge in [0.25, 0.3) is 0 Å². The molecule has 6 nitrogen and oxygen atoms in total. The molecule has 0 unspecified atom stereocenters. The maximum absolute atomic E-state index is 14.4. The normalized spacial score (nSPS) is 22.0. The van der Waals surface area contributed by atoms with Crippen molar-refractivity contribution in [1.29, 1.82) is 0 Å². The van der Waals surface area contributed by atoms with Crippen LogP contribution in [-0.4, -0.2) is 46.1 Å². The molecule has 138 valence electrons. The Morgan fingerprint density at radius 3 is 2.85 bits per heavy atom. The summed E-state index contributed by atoms with van der Waals surface area (Å²) in [5, 5.41) is 2.64. The maximum atomic E-state index is 14.4. The lowest BCUT2D eigenvalue weighted by atomic mass is 9.89. The number of aromatic amines is 1. The second kappa shape index (κ2) is 7.74. The van der Waals surface area contributed by atoms with Crippen LogP contribution in [0.25, 0.3) is 0 Å². The number of nitrogens with zero attached hydrogens (tertiary/aromatic N) is 2. The minimum Gasteiger partial charge on any atom is -0.329 e. The molecule has 26 heavy (non-hydrogen) atoms. The molecule has 2 aromatic rings. The Morgan fingerprint density at radius 2 is 2.19 bits per heavy atom. The molecule has 2 N–H and O–H groups in total. The molecule has 1 amide bonds. The summed E-state index contributed by atoms with van der Waals surface area (Å²) in [5.74, 6) is -0.924. The Bertz CT molecular complexity index is 804. The SMILES string of the molecule is C[C@@H](C(=O)Nc1ccc(F)cn1)N1CC[C@H](F)[C@@H](c2ccc(=O)[nH]c2)C1. The summed E-state index contributed by atoms with van der Waals surface area (Å²) in [5.41, 5.74) is 0.464. The smallest absolute Gasteiger partial charge is 0.247 e. The Hall–Kier alpha value is -2.61. The van der Waals surface area contributed by atoms with Gasteiger partial charge in [-0.25, -0.2) is 13.8 Å². The number of rotatable bonds is 4. The summed E-state index contributed by atoms with van der Waals surface area (Å²) in [6.45, 7) is 2.55. The van der Waals surface area contributed by atoms with Gasteiger partial charge in [-0.05, 0) is 31.0 Å². The first-order chi connectivity index (χ1) is 12.4. The highest BCUT2D eigenvalue weighted by atomic mass is 19.1. The van der Waals surface area contributed by atoms with E-state index < -0.39 is 23.9 Å². The molecular formula is C18H20F2N4O2. The number of anilines is 1. The van der Waals surface area contributed by atoms with Gasteiger partial charge >= 0.3 is 0 Å². The number of piperidine rings is 1. The van der Waals surface area contributed by atoms with E-state index >= 15 is 0 Å². The molecule has 8 heteroatoms. The number of amides is 1.